The third kappa shape index (κ3) is 20.6. The molecule has 10 aromatic carbocycles. The van der Waals surface area contributed by atoms with Crippen molar-refractivity contribution in [1.82, 2.24) is 25.1 Å². The van der Waals surface area contributed by atoms with E-state index in [1.54, 1.807) is 13.3 Å². The maximum atomic E-state index is 14.6. The fraction of sp³-hybridized carbons (Fsp3) is 0.0649. The SMILES string of the molecule is C=P([N-]P(=O)(c1ccccc1)c1ccccc1)(c1ccccc1)c1ccccc1.C=P([N-]P(=S)(c1ccccc1)c1ccccc1)(c1ccccc1)c1ccccc1.CC(F)(F)S(=O)(=O)[N-]S(=O)(=O)C(F)(F)F.COc1ccc2nc(/C=C(/C)[O-])sc2c1.c1ccc(-c2nnc(-c3ccccn3)[n-]2)cc1. The number of ether oxygens (including phenoxy) is 1. The molecule has 0 atom stereocenters. The number of nitrogens with zero attached hydrogens (tertiary/aromatic N) is 8. The minimum atomic E-state index is -6.48. The van der Waals surface area contributed by atoms with Gasteiger partial charge in [0.25, 0.3) is 0 Å². The van der Waals surface area contributed by atoms with Gasteiger partial charge in [-0.2, -0.15) is 22.0 Å². The number of sulfonamides is 2. The van der Waals surface area contributed by atoms with Crippen LogP contribution in [0.15, 0.2) is 321 Å². The van der Waals surface area contributed by atoms with Crippen LogP contribution in [0.25, 0.3) is 53.0 Å². The number of hydrogen-bond donors (Lipinski definition) is 0. The number of benzene rings is 10. The minimum Gasteiger partial charge on any atom is -0.876 e. The number of fused-ring (bicyclic) bond motifs is 1. The molecule has 0 amide bonds. The standard InChI is InChI=1S/C25H22NOP2.C25H22NP2S.C13H9N4.C11H11NO2S.C3H3F5NO4S2/c1-28(22-14-6-2-7-15-22,23-16-8-3-9-17-23)26-29(27,24-18-10-4-11-19-24)25-20-12-5-13-21-25;1-27(22-14-6-2-7-15-22,23-16-8-3-9-17-23)26-28(29,24-18-10-4-11-19-24)25-20-12-5-13-21-25;1-2-6-10(7-3-1)12-15-13(17-16-12)11-8-4-5-9-14-11;1-7(13)5-11-12-9-4-3-8(14-2)6-10(9)15-11;1-2(4,5)14(10,11)9-15(12,13)3(6,7)8/h2*2-21H,1H2;1-9H;3-6,13H,1-2H3;1H3/q3*-1;;-1/p-1/b;;;7-5-;. The van der Waals surface area contributed by atoms with E-state index in [4.69, 9.17) is 32.6 Å². The average Bonchev–Trinajstić information content (AvgIpc) is 1.32. The summed E-state index contributed by atoms with van der Waals surface area (Å²) in [5, 5.41) is 23.0. The molecule has 3 aromatic heterocycles. The number of thiazole rings is 1. The lowest BCUT2D eigenvalue weighted by atomic mass is 10.2. The van der Waals surface area contributed by atoms with Crippen molar-refractivity contribution in [2.45, 2.75) is 24.6 Å². The fourth-order valence-electron chi connectivity index (χ4n) is 9.73. The van der Waals surface area contributed by atoms with E-state index in [1.165, 1.54) is 24.3 Å². The molecule has 0 bridgehead atoms. The van der Waals surface area contributed by atoms with Crippen molar-refractivity contribution >= 4 is 142 Å². The van der Waals surface area contributed by atoms with Crippen LogP contribution >= 0.6 is 38.9 Å². The Bertz CT molecular complexity index is 4770. The van der Waals surface area contributed by atoms with Crippen LogP contribution in [0.4, 0.5) is 22.0 Å². The van der Waals surface area contributed by atoms with Crippen molar-refractivity contribution in [1.29, 1.82) is 0 Å². The molecule has 0 unspecified atom stereocenters. The molecule has 0 saturated heterocycles. The second-order valence-corrected chi connectivity index (χ2v) is 39.8. The molecule has 0 spiro atoms. The second kappa shape index (κ2) is 35.6. The van der Waals surface area contributed by atoms with Crippen LogP contribution < -0.4 is 57.3 Å². The molecule has 0 aliphatic carbocycles. The first-order valence-corrected chi connectivity index (χ1v) is 43.5. The van der Waals surface area contributed by atoms with Gasteiger partial charge in [0.1, 0.15) is 20.8 Å². The maximum Gasteiger partial charge on any atom is 0.480 e. The van der Waals surface area contributed by atoms with E-state index in [1.807, 2.05) is 237 Å². The van der Waals surface area contributed by atoms with Crippen LogP contribution in [0.2, 0.25) is 0 Å². The normalized spacial score (nSPS) is 12.1. The summed E-state index contributed by atoms with van der Waals surface area (Å²) in [4.78, 5) is 23.6. The van der Waals surface area contributed by atoms with Crippen LogP contribution in [0.5, 0.6) is 5.75 Å². The van der Waals surface area contributed by atoms with Gasteiger partial charge in [-0.05, 0) is 84.4 Å². The Balaban J connectivity index is 0.000000157. The van der Waals surface area contributed by atoms with Gasteiger partial charge in [0.2, 0.25) is 0 Å². The highest BCUT2D eigenvalue weighted by Crippen LogP contribution is 2.68. The van der Waals surface area contributed by atoms with Gasteiger partial charge in [0, 0.05) is 24.8 Å². The molecular formula is C77H66F5N8O7P4S4-5. The molecule has 28 heteroatoms. The van der Waals surface area contributed by atoms with Gasteiger partial charge in [0.05, 0.1) is 30.3 Å². The lowest BCUT2D eigenvalue weighted by molar-refractivity contribution is -0.299. The number of allylic oxidation sites excluding steroid dienone is 1. The van der Waals surface area contributed by atoms with Gasteiger partial charge in [-0.1, -0.05) is 292 Å². The molecule has 0 aliphatic heterocycles. The van der Waals surface area contributed by atoms with E-state index >= 15 is 0 Å². The van der Waals surface area contributed by atoms with E-state index in [-0.39, 0.29) is 12.7 Å². The summed E-state index contributed by atoms with van der Waals surface area (Å²) in [6, 6.07) is 102. The molecule has 0 aliphatic rings. The highest BCUT2D eigenvalue weighted by Gasteiger charge is 2.44. The van der Waals surface area contributed by atoms with Crippen LogP contribution in [-0.4, -0.2) is 67.5 Å². The summed E-state index contributed by atoms with van der Waals surface area (Å²) in [5.41, 5.74) is -3.44. The number of halogens is 5. The van der Waals surface area contributed by atoms with Crippen molar-refractivity contribution in [3.63, 3.8) is 0 Å². The van der Waals surface area contributed by atoms with Crippen LogP contribution in [-0.2, 0) is 36.4 Å². The molecule has 3 heterocycles. The zero-order chi connectivity index (χ0) is 75.4. The summed E-state index contributed by atoms with van der Waals surface area (Å²) in [6.07, 6.45) is 10.2. The molecule has 0 fully saturated rings. The second-order valence-electron chi connectivity index (χ2n) is 22.5. The molecule has 13 rings (SSSR count). The summed E-state index contributed by atoms with van der Waals surface area (Å²) in [7, 11) is -19.0. The van der Waals surface area contributed by atoms with Crippen molar-refractivity contribution < 1.29 is 53.2 Å². The minimum absolute atomic E-state index is 0.0148. The zero-order valence-corrected chi connectivity index (χ0v) is 63.1. The van der Waals surface area contributed by atoms with Gasteiger partial charge >= 0.3 is 10.8 Å². The largest absolute Gasteiger partial charge is 0.876 e. The predicted octanol–water partition coefficient (Wildman–Crippen LogP) is 16.1. The first kappa shape index (κ1) is 79.7. The van der Waals surface area contributed by atoms with Crippen molar-refractivity contribution in [2.24, 2.45) is 0 Å². The molecule has 0 N–H and O–H groups in total. The molecule has 15 nitrogen and oxygen atoms in total. The molecule has 540 valence electrons. The highest BCUT2D eigenvalue weighted by molar-refractivity contribution is 8.27. The molecule has 0 radical (unpaired) electrons. The number of alkyl halides is 5. The third-order valence-corrected chi connectivity index (χ3v) is 34.0. The predicted molar refractivity (Wildman–Crippen MR) is 427 cm³/mol. The van der Waals surface area contributed by atoms with E-state index in [2.05, 4.69) is 104 Å². The molecule has 13 aromatic rings. The number of pyridine rings is 1. The summed E-state index contributed by atoms with van der Waals surface area (Å²) < 4.78 is 122. The third-order valence-electron chi connectivity index (χ3n) is 15.0. The van der Waals surface area contributed by atoms with Crippen molar-refractivity contribution in [3.8, 4) is 28.7 Å². The molecule has 0 saturated carbocycles. The lowest BCUT2D eigenvalue weighted by Crippen LogP contribution is -2.30. The molecular weight excluding hydrogens is 1500 g/mol. The number of aromatic nitrogens is 5. The van der Waals surface area contributed by atoms with Crippen molar-refractivity contribution in [3.05, 3.63) is 340 Å². The van der Waals surface area contributed by atoms with Gasteiger partial charge in [0.15, 0.2) is 10.0 Å². The van der Waals surface area contributed by atoms with Gasteiger partial charge < -0.3 is 43.4 Å². The Labute approximate surface area is 616 Å². The first-order valence-electron chi connectivity index (χ1n) is 31.5. The van der Waals surface area contributed by atoms with Gasteiger partial charge in [-0.3, -0.25) is 4.98 Å². The monoisotopic (exact) mass is 1560 g/mol. The zero-order valence-electron chi connectivity index (χ0n) is 56.3. The van der Waals surface area contributed by atoms with E-state index in [0.717, 1.165) is 78.8 Å². The van der Waals surface area contributed by atoms with Crippen LogP contribution in [0.1, 0.15) is 18.9 Å². The topological polar surface area (TPSA) is 226 Å². The van der Waals surface area contributed by atoms with Crippen molar-refractivity contribution in [2.75, 3.05) is 7.11 Å². The highest BCUT2D eigenvalue weighted by atomic mass is 32.4. The Morgan fingerprint density at radius 3 is 1.27 bits per heavy atom. The molecule has 105 heavy (non-hydrogen) atoms. The number of hydrogen-bond acceptors (Lipinski definition) is 13. The summed E-state index contributed by atoms with van der Waals surface area (Å²) >= 11 is 7.90. The van der Waals surface area contributed by atoms with E-state index < -0.39 is 58.4 Å². The Kier molecular flexibility index (Phi) is 27.0. The van der Waals surface area contributed by atoms with Gasteiger partial charge in [-0.15, -0.1) is 55.6 Å². The maximum absolute atomic E-state index is 14.6. The van der Waals surface area contributed by atoms with Gasteiger partial charge in [-0.25, -0.2) is 21.8 Å². The smallest absolute Gasteiger partial charge is 0.480 e. The van der Waals surface area contributed by atoms with Crippen LogP contribution in [0.3, 0.4) is 0 Å². The van der Waals surface area contributed by atoms with E-state index in [0.29, 0.717) is 11.6 Å². The van der Waals surface area contributed by atoms with E-state index in [9.17, 15) is 48.5 Å². The summed E-state index contributed by atoms with van der Waals surface area (Å²) in [6.45, 7) is 1.23. The lowest BCUT2D eigenvalue weighted by Gasteiger charge is -2.48. The summed E-state index contributed by atoms with van der Waals surface area (Å²) in [5.74, 6) is 2.01. The first-order chi connectivity index (χ1) is 50.1. The fourth-order valence-corrected chi connectivity index (χ4v) is 27.4. The Morgan fingerprint density at radius 1 is 0.524 bits per heavy atom. The Morgan fingerprint density at radius 2 is 0.895 bits per heavy atom. The van der Waals surface area contributed by atoms with Crippen LogP contribution in [0, 0.1) is 0 Å². The Hall–Kier alpha value is -9.37. The average molecular weight is 1560 g/mol. The number of rotatable bonds is 19. The number of methoxy groups -OCH3 is 1. The quantitative estimate of drug-likeness (QED) is 0.0418.